The lowest BCUT2D eigenvalue weighted by molar-refractivity contribution is 0.0901. The molecule has 0 aliphatic rings. The Morgan fingerprint density at radius 3 is 2.58 bits per heavy atom. The van der Waals surface area contributed by atoms with Gasteiger partial charge in [-0.1, -0.05) is 34.1 Å². The van der Waals surface area contributed by atoms with Gasteiger partial charge in [0.25, 0.3) is 5.91 Å². The third-order valence-electron chi connectivity index (χ3n) is 3.30. The largest absolute Gasteiger partial charge is 0.394 e. The molecular weight excluding hydrogens is 258 g/mol. The molecule has 0 saturated heterocycles. The van der Waals surface area contributed by atoms with E-state index in [0.29, 0.717) is 0 Å². The zero-order valence-electron chi connectivity index (χ0n) is 12.3. The fourth-order valence-electron chi connectivity index (χ4n) is 1.98. The number of aliphatic hydroxyl groups excluding tert-OH is 1. The van der Waals surface area contributed by atoms with Crippen LogP contribution in [0, 0.1) is 5.92 Å². The van der Waals surface area contributed by atoms with E-state index in [1.165, 1.54) is 10.4 Å². The zero-order valence-corrected chi connectivity index (χ0v) is 13.1. The van der Waals surface area contributed by atoms with Crippen LogP contribution in [-0.2, 0) is 12.8 Å². The molecule has 1 amide bonds. The van der Waals surface area contributed by atoms with Crippen LogP contribution in [0.5, 0.6) is 0 Å². The molecule has 0 spiro atoms. The Kier molecular flexibility index (Phi) is 6.52. The second-order valence-corrected chi connectivity index (χ2v) is 6.31. The molecule has 19 heavy (non-hydrogen) atoms. The van der Waals surface area contributed by atoms with Gasteiger partial charge in [-0.2, -0.15) is 0 Å². The second kappa shape index (κ2) is 7.65. The van der Waals surface area contributed by atoms with Crippen molar-refractivity contribution in [3.05, 3.63) is 21.4 Å². The number of nitrogens with one attached hydrogen (secondary N) is 1. The van der Waals surface area contributed by atoms with Crippen LogP contribution in [0.15, 0.2) is 6.07 Å². The number of carbonyl (C=O) groups excluding carboxylic acids is 1. The minimum atomic E-state index is -0.172. The summed E-state index contributed by atoms with van der Waals surface area (Å²) in [5, 5.41) is 12.2. The van der Waals surface area contributed by atoms with E-state index in [0.717, 1.165) is 24.1 Å². The maximum absolute atomic E-state index is 12.2. The highest BCUT2D eigenvalue weighted by Crippen LogP contribution is 2.24. The van der Waals surface area contributed by atoms with E-state index < -0.39 is 0 Å². The van der Waals surface area contributed by atoms with Gasteiger partial charge in [0.05, 0.1) is 17.5 Å². The van der Waals surface area contributed by atoms with Crippen molar-refractivity contribution in [1.82, 2.24) is 5.32 Å². The molecule has 0 fully saturated rings. The molecule has 1 aromatic heterocycles. The number of hydrogen-bond donors (Lipinski definition) is 2. The van der Waals surface area contributed by atoms with Gasteiger partial charge in [-0.15, -0.1) is 11.3 Å². The van der Waals surface area contributed by atoms with Gasteiger partial charge < -0.3 is 10.4 Å². The van der Waals surface area contributed by atoms with Gasteiger partial charge >= 0.3 is 0 Å². The van der Waals surface area contributed by atoms with Crippen LogP contribution in [0.2, 0.25) is 0 Å². The molecule has 0 radical (unpaired) electrons. The van der Waals surface area contributed by atoms with Gasteiger partial charge in [0.1, 0.15) is 0 Å². The van der Waals surface area contributed by atoms with Crippen molar-refractivity contribution >= 4 is 17.2 Å². The van der Waals surface area contributed by atoms with Gasteiger partial charge in [-0.05, 0) is 30.4 Å². The molecule has 0 aliphatic carbocycles. The molecule has 1 heterocycles. The Hall–Kier alpha value is -0.870. The standard InChI is InChI=1S/C15H25NO2S/c1-5-7-13-11(6-2)8-14(19-13)15(18)16-12(9-17)10(3)4/h8,10,12,17H,5-7,9H2,1-4H3,(H,16,18). The van der Waals surface area contributed by atoms with E-state index in [-0.39, 0.29) is 24.5 Å². The van der Waals surface area contributed by atoms with Gasteiger partial charge in [0, 0.05) is 4.88 Å². The summed E-state index contributed by atoms with van der Waals surface area (Å²) in [6.45, 7) is 8.25. The summed E-state index contributed by atoms with van der Waals surface area (Å²) >= 11 is 1.59. The molecule has 1 atom stereocenters. The lowest BCUT2D eigenvalue weighted by Gasteiger charge is -2.19. The SMILES string of the molecule is CCCc1sc(C(=O)NC(CO)C(C)C)cc1CC. The Labute approximate surface area is 120 Å². The van der Waals surface area contributed by atoms with E-state index >= 15 is 0 Å². The van der Waals surface area contributed by atoms with E-state index in [1.807, 2.05) is 19.9 Å². The second-order valence-electron chi connectivity index (χ2n) is 5.17. The van der Waals surface area contributed by atoms with Gasteiger partial charge in [-0.25, -0.2) is 0 Å². The average Bonchev–Trinajstić information content (AvgIpc) is 2.79. The number of aryl methyl sites for hydroxylation is 2. The topological polar surface area (TPSA) is 49.3 Å². The first-order valence-corrected chi connectivity index (χ1v) is 7.88. The van der Waals surface area contributed by atoms with Crippen molar-refractivity contribution in [2.45, 2.75) is 53.0 Å². The summed E-state index contributed by atoms with van der Waals surface area (Å²) in [4.78, 5) is 14.3. The molecule has 0 saturated carbocycles. The quantitative estimate of drug-likeness (QED) is 0.808. The number of aliphatic hydroxyl groups is 1. The first kappa shape index (κ1) is 16.2. The molecule has 2 N–H and O–H groups in total. The minimum Gasteiger partial charge on any atom is -0.394 e. The predicted octanol–water partition coefficient (Wildman–Crippen LogP) is 3.01. The fourth-order valence-corrected chi connectivity index (χ4v) is 3.24. The van der Waals surface area contributed by atoms with Crippen LogP contribution in [0.25, 0.3) is 0 Å². The van der Waals surface area contributed by atoms with Crippen molar-refractivity contribution in [2.24, 2.45) is 5.92 Å². The maximum Gasteiger partial charge on any atom is 0.261 e. The number of hydrogen-bond acceptors (Lipinski definition) is 3. The van der Waals surface area contributed by atoms with Crippen molar-refractivity contribution < 1.29 is 9.90 Å². The molecule has 3 nitrogen and oxygen atoms in total. The van der Waals surface area contributed by atoms with Gasteiger partial charge in [-0.3, -0.25) is 4.79 Å². The molecule has 1 unspecified atom stereocenters. The van der Waals surface area contributed by atoms with E-state index in [9.17, 15) is 9.90 Å². The highest BCUT2D eigenvalue weighted by atomic mass is 32.1. The number of rotatable bonds is 7. The Balaban J connectivity index is 2.82. The lowest BCUT2D eigenvalue weighted by Crippen LogP contribution is -2.40. The molecule has 1 rings (SSSR count). The number of carbonyl (C=O) groups is 1. The van der Waals surface area contributed by atoms with Crippen molar-refractivity contribution in [2.75, 3.05) is 6.61 Å². The lowest BCUT2D eigenvalue weighted by atomic mass is 10.1. The third-order valence-corrected chi connectivity index (χ3v) is 4.53. The summed E-state index contributed by atoms with van der Waals surface area (Å²) in [7, 11) is 0. The van der Waals surface area contributed by atoms with Crippen molar-refractivity contribution in [3.63, 3.8) is 0 Å². The average molecular weight is 283 g/mol. The Morgan fingerprint density at radius 1 is 1.42 bits per heavy atom. The molecule has 0 bridgehead atoms. The summed E-state index contributed by atoms with van der Waals surface area (Å²) in [6, 6.07) is 1.83. The molecule has 108 valence electrons. The monoisotopic (exact) mass is 283 g/mol. The van der Waals surface area contributed by atoms with E-state index in [1.54, 1.807) is 11.3 Å². The van der Waals surface area contributed by atoms with Crippen LogP contribution in [-0.4, -0.2) is 23.7 Å². The molecule has 0 aliphatic heterocycles. The number of thiophene rings is 1. The van der Waals surface area contributed by atoms with Crippen LogP contribution >= 0.6 is 11.3 Å². The first-order chi connectivity index (χ1) is 9.03. The fraction of sp³-hybridized carbons (Fsp3) is 0.667. The Morgan fingerprint density at radius 2 is 2.11 bits per heavy atom. The molecule has 0 aromatic carbocycles. The summed E-state index contributed by atoms with van der Waals surface area (Å²) < 4.78 is 0. The van der Waals surface area contributed by atoms with Crippen LogP contribution in [0.4, 0.5) is 0 Å². The van der Waals surface area contributed by atoms with Crippen LogP contribution in [0.3, 0.4) is 0 Å². The Bertz CT molecular complexity index is 412. The number of amides is 1. The van der Waals surface area contributed by atoms with Crippen LogP contribution in [0.1, 0.15) is 54.2 Å². The molecule has 4 heteroatoms. The minimum absolute atomic E-state index is 0.0166. The van der Waals surface area contributed by atoms with Crippen LogP contribution < -0.4 is 5.32 Å². The normalized spacial score (nSPS) is 12.7. The summed E-state index contributed by atoms with van der Waals surface area (Å²) in [5.74, 6) is 0.171. The van der Waals surface area contributed by atoms with E-state index in [4.69, 9.17) is 0 Å². The maximum atomic E-state index is 12.2. The highest BCUT2D eigenvalue weighted by molar-refractivity contribution is 7.14. The highest BCUT2D eigenvalue weighted by Gasteiger charge is 2.18. The predicted molar refractivity (Wildman–Crippen MR) is 80.9 cm³/mol. The molecule has 1 aromatic rings. The van der Waals surface area contributed by atoms with E-state index in [2.05, 4.69) is 19.2 Å². The zero-order chi connectivity index (χ0) is 14.4. The third kappa shape index (κ3) is 4.32. The summed E-state index contributed by atoms with van der Waals surface area (Å²) in [6.07, 6.45) is 3.10. The summed E-state index contributed by atoms with van der Waals surface area (Å²) in [5.41, 5.74) is 1.28. The first-order valence-electron chi connectivity index (χ1n) is 7.06. The smallest absolute Gasteiger partial charge is 0.261 e. The van der Waals surface area contributed by atoms with Gasteiger partial charge in [0.2, 0.25) is 0 Å². The van der Waals surface area contributed by atoms with Crippen molar-refractivity contribution in [1.29, 1.82) is 0 Å². The van der Waals surface area contributed by atoms with Crippen molar-refractivity contribution in [3.8, 4) is 0 Å². The molecular formula is C15H25NO2S. The van der Waals surface area contributed by atoms with Gasteiger partial charge in [0.15, 0.2) is 0 Å².